The average molecular weight is 367 g/mol. The number of hydrogen-bond acceptors (Lipinski definition) is 4. The van der Waals surface area contributed by atoms with Gasteiger partial charge in [0.2, 0.25) is 5.91 Å². The lowest BCUT2D eigenvalue weighted by molar-refractivity contribution is -0.119. The molecule has 7 heteroatoms. The maximum absolute atomic E-state index is 11.0. The maximum Gasteiger partial charge on any atom is 0.231 e. The summed E-state index contributed by atoms with van der Waals surface area (Å²) in [4.78, 5) is 20.1. The fourth-order valence-corrected chi connectivity index (χ4v) is 4.08. The summed E-state index contributed by atoms with van der Waals surface area (Å²) < 4.78 is 0. The first-order valence-corrected chi connectivity index (χ1v) is 10.2. The van der Waals surface area contributed by atoms with E-state index in [0.29, 0.717) is 18.5 Å². The Balaban J connectivity index is 1.69. The minimum Gasteiger partial charge on any atom is -0.369 e. The molecule has 2 aliphatic heterocycles. The Morgan fingerprint density at radius 3 is 2.54 bits per heavy atom. The van der Waals surface area contributed by atoms with Gasteiger partial charge in [-0.2, -0.15) is 0 Å². The number of rotatable bonds is 7. The van der Waals surface area contributed by atoms with Gasteiger partial charge in [0, 0.05) is 45.8 Å². The zero-order valence-corrected chi connectivity index (χ0v) is 16.8. The predicted octanol–water partition coefficient (Wildman–Crippen LogP) is 0.469. The molecule has 2 saturated heterocycles. The zero-order chi connectivity index (χ0) is 18.9. The second-order valence-electron chi connectivity index (χ2n) is 8.28. The number of carbonyl (C=O) groups excluding carboxylic acids is 1. The van der Waals surface area contributed by atoms with Crippen molar-refractivity contribution < 1.29 is 4.79 Å². The number of amides is 1. The van der Waals surface area contributed by atoms with E-state index < -0.39 is 0 Å². The molecule has 7 nitrogen and oxygen atoms in total. The van der Waals surface area contributed by atoms with Crippen LogP contribution in [-0.2, 0) is 4.79 Å². The Morgan fingerprint density at radius 2 is 1.92 bits per heavy atom. The molecule has 0 spiro atoms. The number of likely N-dealkylation sites (tertiary alicyclic amines) is 2. The third kappa shape index (κ3) is 7.50. The predicted molar refractivity (Wildman–Crippen MR) is 107 cm³/mol. The number of nitrogens with two attached hydrogens (primary N) is 1. The SMILES string of the molecule is CN=C(NCC1CCCN(CC(C)C)C1)NC1CCN(CC(N)=O)CC1. The number of carbonyl (C=O) groups is 1. The number of aliphatic imine (C=N–C) groups is 1. The Hall–Kier alpha value is -1.34. The molecule has 26 heavy (non-hydrogen) atoms. The van der Waals surface area contributed by atoms with Gasteiger partial charge in [-0.25, -0.2) is 0 Å². The van der Waals surface area contributed by atoms with Gasteiger partial charge in [0.05, 0.1) is 6.54 Å². The van der Waals surface area contributed by atoms with Gasteiger partial charge in [0.25, 0.3) is 0 Å². The van der Waals surface area contributed by atoms with Crippen molar-refractivity contribution in [3.63, 3.8) is 0 Å². The van der Waals surface area contributed by atoms with Crippen molar-refractivity contribution in [1.82, 2.24) is 20.4 Å². The van der Waals surface area contributed by atoms with Crippen LogP contribution in [0.2, 0.25) is 0 Å². The highest BCUT2D eigenvalue weighted by molar-refractivity contribution is 5.80. The molecule has 1 unspecified atom stereocenters. The standard InChI is InChI=1S/C19H38N6O/c1-15(2)12-25-8-4-5-16(13-25)11-22-19(21-3)23-17-6-9-24(10-7-17)14-18(20)26/h15-17H,4-14H2,1-3H3,(H2,20,26)(H2,21,22,23). The van der Waals surface area contributed by atoms with Crippen molar-refractivity contribution in [2.45, 2.75) is 45.6 Å². The number of primary amides is 1. The van der Waals surface area contributed by atoms with E-state index in [-0.39, 0.29) is 5.91 Å². The van der Waals surface area contributed by atoms with Gasteiger partial charge in [-0.1, -0.05) is 13.8 Å². The van der Waals surface area contributed by atoms with Crippen LogP contribution in [0.25, 0.3) is 0 Å². The molecular formula is C19H38N6O. The van der Waals surface area contributed by atoms with Gasteiger partial charge in [-0.05, 0) is 44.1 Å². The fourth-order valence-electron chi connectivity index (χ4n) is 4.08. The van der Waals surface area contributed by atoms with Crippen LogP contribution in [0, 0.1) is 11.8 Å². The van der Waals surface area contributed by atoms with E-state index in [1.54, 1.807) is 0 Å². The van der Waals surface area contributed by atoms with Gasteiger partial charge in [0.15, 0.2) is 5.96 Å². The molecule has 2 heterocycles. The van der Waals surface area contributed by atoms with E-state index >= 15 is 0 Å². The first-order valence-electron chi connectivity index (χ1n) is 10.2. The van der Waals surface area contributed by atoms with Crippen LogP contribution < -0.4 is 16.4 Å². The lowest BCUT2D eigenvalue weighted by Gasteiger charge is -2.35. The molecule has 4 N–H and O–H groups in total. The van der Waals surface area contributed by atoms with E-state index in [2.05, 4.69) is 39.3 Å². The normalized spacial score (nSPS) is 24.0. The van der Waals surface area contributed by atoms with Crippen LogP contribution in [0.1, 0.15) is 39.5 Å². The lowest BCUT2D eigenvalue weighted by Crippen LogP contribution is -2.51. The summed E-state index contributed by atoms with van der Waals surface area (Å²) in [6.07, 6.45) is 4.62. The van der Waals surface area contributed by atoms with Crippen molar-refractivity contribution in [3.05, 3.63) is 0 Å². The first-order chi connectivity index (χ1) is 12.5. The molecule has 2 rings (SSSR count). The summed E-state index contributed by atoms with van der Waals surface area (Å²) in [7, 11) is 1.84. The molecule has 0 radical (unpaired) electrons. The smallest absolute Gasteiger partial charge is 0.231 e. The van der Waals surface area contributed by atoms with Crippen molar-refractivity contribution in [1.29, 1.82) is 0 Å². The molecule has 0 aromatic rings. The Bertz CT molecular complexity index is 459. The molecule has 2 aliphatic rings. The van der Waals surface area contributed by atoms with E-state index in [4.69, 9.17) is 5.73 Å². The Kier molecular flexibility index (Phi) is 8.65. The van der Waals surface area contributed by atoms with Crippen molar-refractivity contribution in [3.8, 4) is 0 Å². The number of piperidine rings is 2. The number of hydrogen-bond donors (Lipinski definition) is 3. The number of guanidine groups is 1. The van der Waals surface area contributed by atoms with Crippen LogP contribution in [0.4, 0.5) is 0 Å². The van der Waals surface area contributed by atoms with Crippen LogP contribution in [-0.4, -0.2) is 80.6 Å². The highest BCUT2D eigenvalue weighted by Crippen LogP contribution is 2.17. The summed E-state index contributed by atoms with van der Waals surface area (Å²) in [6.45, 7) is 11.4. The highest BCUT2D eigenvalue weighted by Gasteiger charge is 2.23. The van der Waals surface area contributed by atoms with E-state index in [1.165, 1.54) is 32.5 Å². The van der Waals surface area contributed by atoms with Crippen LogP contribution >= 0.6 is 0 Å². The first kappa shape index (κ1) is 21.0. The minimum absolute atomic E-state index is 0.243. The lowest BCUT2D eigenvalue weighted by atomic mass is 9.97. The summed E-state index contributed by atoms with van der Waals surface area (Å²) in [5, 5.41) is 7.07. The molecule has 0 aromatic heterocycles. The largest absolute Gasteiger partial charge is 0.369 e. The van der Waals surface area contributed by atoms with E-state index in [9.17, 15) is 4.79 Å². The summed E-state index contributed by atoms with van der Waals surface area (Å²) in [5.41, 5.74) is 5.28. The van der Waals surface area contributed by atoms with Gasteiger partial charge in [-0.3, -0.25) is 14.7 Å². The molecule has 2 fully saturated rings. The monoisotopic (exact) mass is 366 g/mol. The summed E-state index contributed by atoms with van der Waals surface area (Å²) >= 11 is 0. The van der Waals surface area contributed by atoms with Crippen LogP contribution in [0.15, 0.2) is 4.99 Å². The summed E-state index contributed by atoms with van der Waals surface area (Å²) in [5.74, 6) is 2.09. The van der Waals surface area contributed by atoms with Crippen molar-refractivity contribution >= 4 is 11.9 Å². The second kappa shape index (κ2) is 10.7. The van der Waals surface area contributed by atoms with Crippen molar-refractivity contribution in [2.75, 3.05) is 52.9 Å². The highest BCUT2D eigenvalue weighted by atomic mass is 16.1. The summed E-state index contributed by atoms with van der Waals surface area (Å²) in [6, 6.07) is 0.411. The van der Waals surface area contributed by atoms with E-state index in [0.717, 1.165) is 44.4 Å². The third-order valence-electron chi connectivity index (χ3n) is 5.32. The molecule has 1 amide bonds. The van der Waals surface area contributed by atoms with Crippen molar-refractivity contribution in [2.24, 2.45) is 22.6 Å². The molecular weight excluding hydrogens is 328 g/mol. The van der Waals surface area contributed by atoms with Gasteiger partial charge >= 0.3 is 0 Å². The molecule has 150 valence electrons. The number of nitrogens with zero attached hydrogens (tertiary/aromatic N) is 3. The maximum atomic E-state index is 11.0. The quantitative estimate of drug-likeness (QED) is 0.450. The molecule has 0 saturated carbocycles. The molecule has 0 aromatic carbocycles. The Morgan fingerprint density at radius 1 is 1.19 bits per heavy atom. The van der Waals surface area contributed by atoms with Crippen LogP contribution in [0.5, 0.6) is 0 Å². The number of nitrogens with one attached hydrogen (secondary N) is 2. The van der Waals surface area contributed by atoms with Crippen LogP contribution in [0.3, 0.4) is 0 Å². The third-order valence-corrected chi connectivity index (χ3v) is 5.32. The molecule has 0 aliphatic carbocycles. The average Bonchev–Trinajstić information content (AvgIpc) is 2.59. The van der Waals surface area contributed by atoms with E-state index in [1.807, 2.05) is 7.05 Å². The second-order valence-corrected chi connectivity index (χ2v) is 8.28. The van der Waals surface area contributed by atoms with Gasteiger partial charge in [0.1, 0.15) is 0 Å². The Labute approximate surface area is 158 Å². The zero-order valence-electron chi connectivity index (χ0n) is 16.8. The topological polar surface area (TPSA) is 86.0 Å². The molecule has 1 atom stereocenters. The van der Waals surface area contributed by atoms with Gasteiger partial charge < -0.3 is 21.3 Å². The van der Waals surface area contributed by atoms with Gasteiger partial charge in [-0.15, -0.1) is 0 Å². The minimum atomic E-state index is -0.243. The fraction of sp³-hybridized carbons (Fsp3) is 0.895. The molecule has 0 bridgehead atoms.